The highest BCUT2D eigenvalue weighted by atomic mass is 16.5. The first-order chi connectivity index (χ1) is 4.86. The van der Waals surface area contributed by atoms with Crippen molar-refractivity contribution in [2.45, 2.75) is 26.4 Å². The van der Waals surface area contributed by atoms with Gasteiger partial charge in [0.1, 0.15) is 6.10 Å². The fourth-order valence-electron chi connectivity index (χ4n) is 0.884. The van der Waals surface area contributed by atoms with Gasteiger partial charge in [0.2, 0.25) is 5.90 Å². The van der Waals surface area contributed by atoms with Gasteiger partial charge in [-0.3, -0.25) is 0 Å². The maximum atomic E-state index is 5.41. The molecule has 1 rings (SSSR count). The van der Waals surface area contributed by atoms with E-state index >= 15 is 0 Å². The van der Waals surface area contributed by atoms with Crippen LogP contribution in [0.5, 0.6) is 0 Å². The SMILES string of the molecule is CC=CC1=NCC(CC)O1. The minimum absolute atomic E-state index is 0.325. The number of aliphatic imine (C=N–C) groups is 1. The van der Waals surface area contributed by atoms with Crippen LogP contribution in [0.1, 0.15) is 20.3 Å². The molecular weight excluding hydrogens is 126 g/mol. The Hall–Kier alpha value is -0.790. The number of nitrogens with zero attached hydrogens (tertiary/aromatic N) is 1. The normalized spacial score (nSPS) is 25.0. The Kier molecular flexibility index (Phi) is 2.49. The van der Waals surface area contributed by atoms with Gasteiger partial charge in [-0.1, -0.05) is 13.0 Å². The summed E-state index contributed by atoms with van der Waals surface area (Å²) in [7, 11) is 0. The molecule has 0 aromatic heterocycles. The Morgan fingerprint density at radius 1 is 1.80 bits per heavy atom. The zero-order chi connectivity index (χ0) is 7.40. The predicted octanol–water partition coefficient (Wildman–Crippen LogP) is 1.77. The number of ether oxygens (including phenoxy) is 1. The van der Waals surface area contributed by atoms with Crippen LogP contribution in [-0.2, 0) is 4.74 Å². The molecule has 1 atom stereocenters. The molecule has 0 saturated carbocycles. The molecule has 2 nitrogen and oxygen atoms in total. The van der Waals surface area contributed by atoms with E-state index in [4.69, 9.17) is 4.74 Å². The van der Waals surface area contributed by atoms with Crippen molar-refractivity contribution in [3.05, 3.63) is 12.2 Å². The van der Waals surface area contributed by atoms with Crippen LogP contribution in [0.25, 0.3) is 0 Å². The van der Waals surface area contributed by atoms with Gasteiger partial charge in [-0.25, -0.2) is 4.99 Å². The molecule has 0 radical (unpaired) electrons. The minimum atomic E-state index is 0.325. The summed E-state index contributed by atoms with van der Waals surface area (Å²) in [6.07, 6.45) is 5.21. The lowest BCUT2D eigenvalue weighted by Gasteiger charge is -2.04. The first-order valence-corrected chi connectivity index (χ1v) is 3.70. The summed E-state index contributed by atoms with van der Waals surface area (Å²) in [5.41, 5.74) is 0. The average Bonchev–Trinajstić information content (AvgIpc) is 2.37. The molecule has 10 heavy (non-hydrogen) atoms. The van der Waals surface area contributed by atoms with Crippen molar-refractivity contribution in [1.29, 1.82) is 0 Å². The van der Waals surface area contributed by atoms with Crippen LogP contribution in [0.2, 0.25) is 0 Å². The van der Waals surface area contributed by atoms with Crippen molar-refractivity contribution in [2.24, 2.45) is 4.99 Å². The van der Waals surface area contributed by atoms with E-state index in [-0.39, 0.29) is 0 Å². The van der Waals surface area contributed by atoms with Crippen molar-refractivity contribution in [3.63, 3.8) is 0 Å². The highest BCUT2D eigenvalue weighted by molar-refractivity contribution is 5.88. The molecule has 0 aromatic carbocycles. The molecular formula is C8H13NO. The summed E-state index contributed by atoms with van der Waals surface area (Å²) in [6, 6.07) is 0. The van der Waals surface area contributed by atoms with Crippen molar-refractivity contribution < 1.29 is 4.74 Å². The standard InChI is InChI=1S/C8H13NO/c1-3-5-8-9-6-7(4-2)10-8/h3,5,7H,4,6H2,1-2H3. The monoisotopic (exact) mass is 139 g/mol. The first-order valence-electron chi connectivity index (χ1n) is 3.70. The second-order valence-corrected chi connectivity index (χ2v) is 2.33. The maximum Gasteiger partial charge on any atom is 0.208 e. The third-order valence-corrected chi connectivity index (χ3v) is 1.50. The molecule has 0 saturated heterocycles. The van der Waals surface area contributed by atoms with Crippen molar-refractivity contribution in [2.75, 3.05) is 6.54 Å². The van der Waals surface area contributed by atoms with Gasteiger partial charge < -0.3 is 4.74 Å². The van der Waals surface area contributed by atoms with E-state index in [0.29, 0.717) is 6.10 Å². The number of hydrogen-bond donors (Lipinski definition) is 0. The molecule has 1 aliphatic heterocycles. The zero-order valence-corrected chi connectivity index (χ0v) is 6.50. The summed E-state index contributed by atoms with van der Waals surface area (Å²) < 4.78 is 5.41. The summed E-state index contributed by atoms with van der Waals surface area (Å²) in [6.45, 7) is 4.90. The van der Waals surface area contributed by atoms with Crippen molar-refractivity contribution in [1.82, 2.24) is 0 Å². The molecule has 1 heterocycles. The van der Waals surface area contributed by atoms with Gasteiger partial charge in [0.05, 0.1) is 6.54 Å². The quantitative estimate of drug-likeness (QED) is 0.571. The maximum absolute atomic E-state index is 5.41. The number of allylic oxidation sites excluding steroid dienone is 1. The lowest BCUT2D eigenvalue weighted by atomic mass is 10.3. The number of rotatable bonds is 2. The van der Waals surface area contributed by atoms with Gasteiger partial charge in [0, 0.05) is 0 Å². The highest BCUT2D eigenvalue weighted by Crippen LogP contribution is 2.07. The third-order valence-electron chi connectivity index (χ3n) is 1.50. The van der Waals surface area contributed by atoms with Gasteiger partial charge in [0.25, 0.3) is 0 Å². The largest absolute Gasteiger partial charge is 0.473 e. The fourth-order valence-corrected chi connectivity index (χ4v) is 0.884. The lowest BCUT2D eigenvalue weighted by molar-refractivity contribution is 0.221. The van der Waals surface area contributed by atoms with E-state index in [0.717, 1.165) is 18.9 Å². The predicted molar refractivity (Wildman–Crippen MR) is 42.3 cm³/mol. The summed E-state index contributed by atoms with van der Waals surface area (Å²) in [5, 5.41) is 0. The van der Waals surface area contributed by atoms with Gasteiger partial charge in [0.15, 0.2) is 0 Å². The minimum Gasteiger partial charge on any atom is -0.473 e. The van der Waals surface area contributed by atoms with Crippen LogP contribution in [-0.4, -0.2) is 18.5 Å². The molecule has 0 spiro atoms. The third kappa shape index (κ3) is 1.59. The van der Waals surface area contributed by atoms with E-state index in [1.807, 2.05) is 19.1 Å². The van der Waals surface area contributed by atoms with Crippen molar-refractivity contribution in [3.8, 4) is 0 Å². The molecule has 1 aliphatic rings. The molecule has 0 N–H and O–H groups in total. The van der Waals surface area contributed by atoms with E-state index in [1.54, 1.807) is 0 Å². The second-order valence-electron chi connectivity index (χ2n) is 2.33. The van der Waals surface area contributed by atoms with Crippen LogP contribution in [0.4, 0.5) is 0 Å². The highest BCUT2D eigenvalue weighted by Gasteiger charge is 2.14. The van der Waals surface area contributed by atoms with E-state index in [9.17, 15) is 0 Å². The van der Waals surface area contributed by atoms with Gasteiger partial charge in [-0.2, -0.15) is 0 Å². The summed E-state index contributed by atoms with van der Waals surface area (Å²) in [5.74, 6) is 0.786. The second kappa shape index (κ2) is 3.40. The van der Waals surface area contributed by atoms with Gasteiger partial charge in [-0.15, -0.1) is 0 Å². The lowest BCUT2D eigenvalue weighted by Crippen LogP contribution is -2.09. The van der Waals surface area contributed by atoms with Crippen LogP contribution < -0.4 is 0 Å². The Balaban J connectivity index is 2.39. The van der Waals surface area contributed by atoms with E-state index < -0.39 is 0 Å². The van der Waals surface area contributed by atoms with E-state index in [2.05, 4.69) is 11.9 Å². The molecule has 0 aliphatic carbocycles. The smallest absolute Gasteiger partial charge is 0.208 e. The van der Waals surface area contributed by atoms with Crippen molar-refractivity contribution >= 4 is 5.90 Å². The molecule has 0 bridgehead atoms. The van der Waals surface area contributed by atoms with Gasteiger partial charge >= 0.3 is 0 Å². The fraction of sp³-hybridized carbons (Fsp3) is 0.625. The summed E-state index contributed by atoms with van der Waals surface area (Å²) in [4.78, 5) is 4.19. The Bertz CT molecular complexity index is 161. The van der Waals surface area contributed by atoms with Crippen LogP contribution >= 0.6 is 0 Å². The molecule has 56 valence electrons. The first kappa shape index (κ1) is 7.32. The molecule has 0 fully saturated rings. The van der Waals surface area contributed by atoms with E-state index in [1.165, 1.54) is 0 Å². The molecule has 0 amide bonds. The molecule has 2 heteroatoms. The summed E-state index contributed by atoms with van der Waals surface area (Å²) >= 11 is 0. The molecule has 0 aromatic rings. The van der Waals surface area contributed by atoms with Gasteiger partial charge in [-0.05, 0) is 19.4 Å². The topological polar surface area (TPSA) is 21.6 Å². The van der Waals surface area contributed by atoms with Crippen LogP contribution in [0.15, 0.2) is 17.1 Å². The number of hydrogen-bond acceptors (Lipinski definition) is 2. The zero-order valence-electron chi connectivity index (χ0n) is 6.50. The average molecular weight is 139 g/mol. The van der Waals surface area contributed by atoms with Crippen LogP contribution in [0.3, 0.4) is 0 Å². The Morgan fingerprint density at radius 3 is 3.10 bits per heavy atom. The Labute approximate surface area is 61.6 Å². The molecule has 1 unspecified atom stereocenters. The van der Waals surface area contributed by atoms with Crippen LogP contribution in [0, 0.1) is 0 Å². The Morgan fingerprint density at radius 2 is 2.60 bits per heavy atom.